The predicted octanol–water partition coefficient (Wildman–Crippen LogP) is -2.22. The summed E-state index contributed by atoms with van der Waals surface area (Å²) >= 11 is 18.9. The van der Waals surface area contributed by atoms with Crippen LogP contribution in [0.5, 0.6) is 23.0 Å². The van der Waals surface area contributed by atoms with Crippen LogP contribution in [-0.2, 0) is 39.0 Å². The molecule has 0 radical (unpaired) electrons. The summed E-state index contributed by atoms with van der Waals surface area (Å²) < 4.78 is 95.7. The molecule has 79 heavy (non-hydrogen) atoms. The summed E-state index contributed by atoms with van der Waals surface area (Å²) in [6.07, 6.45) is 0. The molecule has 0 aliphatic heterocycles. The van der Waals surface area contributed by atoms with E-state index in [4.69, 9.17) is 44.3 Å². The van der Waals surface area contributed by atoms with Crippen LogP contribution in [-0.4, -0.2) is 61.2 Å². The third-order valence-electron chi connectivity index (χ3n) is 10.1. The Balaban J connectivity index is 0.00000410. The summed E-state index contributed by atoms with van der Waals surface area (Å²) in [4.78, 5) is 24.7. The second-order valence-corrected chi connectivity index (χ2v) is 20.2. The molecule has 0 saturated carbocycles. The molecule has 0 heterocycles. The molecule has 0 aliphatic carbocycles. The SMILES string of the molecule is CCOc1cc(N=Nc2c(S(=O)(=O)[O-])cc3cc(SOO[O-])cc(NC(=O)c4cccc(Cl)c4Cl)c3c2O)c(OCC)cc1N=Nc1c(SOO[O-])cc2cc(S(=O)(=O)[O-])cc(NC(=O)c3ccc(Cl)cc3)c2c1O.[Na+].[Na+].[Na+].[Na+]. The normalized spacial score (nSPS) is 11.4. The van der Waals surface area contributed by atoms with Gasteiger partial charge in [0.05, 0.1) is 79.0 Å². The molecular weight excluding hydrogens is 1230 g/mol. The van der Waals surface area contributed by atoms with Crippen LogP contribution in [0.3, 0.4) is 0 Å². The van der Waals surface area contributed by atoms with Crippen molar-refractivity contribution in [3.05, 3.63) is 117 Å². The first-order chi connectivity index (χ1) is 35.7. The smallest absolute Gasteiger partial charge is 0.744 e. The van der Waals surface area contributed by atoms with Crippen molar-refractivity contribution in [2.45, 2.75) is 33.4 Å². The Labute approximate surface area is 560 Å². The molecule has 2 amide bonds. The molecular formula is C44H29Cl3N6Na4O18S4. The number of carbonyl (C=O) groups is 2. The standard InChI is InChI=1S/C44H33Cl3N6O18S4.4Na/c1-3-66-32-19-29(51-53-40-35(75(63,64)65)15-21-12-24(72-70-68-58)16-30(36(21)42(40)55)49-44(57)26-6-5-7-27(46)38(26)47)33(67-4-2)18-28(32)50-52-39-34(73-71-69-59)14-22-13-25(74(60,61)62)17-31(37(22)41(39)54)48-43(56)20-8-10-23(45)11-9-20;;;;/h5-19,54-55,58-59H,3-4H2,1-2H3,(H,48,56)(H,49,57)(H,60,61,62)(H,63,64,65);;;;/q;4*+1/p-4. The van der Waals surface area contributed by atoms with E-state index in [1.807, 2.05) is 0 Å². The van der Waals surface area contributed by atoms with E-state index in [9.17, 15) is 56.3 Å². The minimum atomic E-state index is -5.51. The van der Waals surface area contributed by atoms with Crippen molar-refractivity contribution in [1.29, 1.82) is 0 Å². The zero-order valence-electron chi connectivity index (χ0n) is 41.6. The Kier molecular flexibility index (Phi) is 28.2. The fourth-order valence-electron chi connectivity index (χ4n) is 6.97. The first kappa shape index (κ1) is 70.8. The predicted molar refractivity (Wildman–Crippen MR) is 264 cm³/mol. The van der Waals surface area contributed by atoms with Crippen LogP contribution in [0.2, 0.25) is 15.1 Å². The number of azo groups is 2. The minimum Gasteiger partial charge on any atom is -0.744 e. The molecule has 7 rings (SSSR count). The van der Waals surface area contributed by atoms with Gasteiger partial charge in [-0.05, 0) is 97.4 Å². The Morgan fingerprint density at radius 1 is 0.633 bits per heavy atom. The first-order valence-electron chi connectivity index (χ1n) is 20.6. The number of benzene rings is 7. The van der Waals surface area contributed by atoms with Gasteiger partial charge >= 0.3 is 118 Å². The fourth-order valence-corrected chi connectivity index (χ4v) is 9.60. The second-order valence-electron chi connectivity index (χ2n) is 14.7. The molecule has 7 aromatic carbocycles. The van der Waals surface area contributed by atoms with Crippen molar-refractivity contribution in [3.8, 4) is 23.0 Å². The number of nitrogens with one attached hydrogen (secondary N) is 2. The van der Waals surface area contributed by atoms with Gasteiger partial charge in [0.25, 0.3) is 11.8 Å². The van der Waals surface area contributed by atoms with Crippen LogP contribution in [0.1, 0.15) is 34.6 Å². The van der Waals surface area contributed by atoms with Crippen LogP contribution >= 0.6 is 58.9 Å². The molecule has 0 bridgehead atoms. The van der Waals surface area contributed by atoms with Crippen LogP contribution < -0.4 is 149 Å². The van der Waals surface area contributed by atoms with E-state index < -0.39 is 64.7 Å². The van der Waals surface area contributed by atoms with Crippen molar-refractivity contribution in [3.63, 3.8) is 0 Å². The summed E-state index contributed by atoms with van der Waals surface area (Å²) in [6.45, 7) is 3.05. The van der Waals surface area contributed by atoms with E-state index in [1.165, 1.54) is 66.7 Å². The summed E-state index contributed by atoms with van der Waals surface area (Å²) in [6, 6.07) is 18.1. The first-order valence-corrected chi connectivity index (χ1v) is 26.1. The van der Waals surface area contributed by atoms with Crippen LogP contribution in [0, 0.1) is 0 Å². The van der Waals surface area contributed by atoms with Gasteiger partial charge in [0.1, 0.15) is 54.5 Å². The quantitative estimate of drug-likeness (QED) is 0.0157. The van der Waals surface area contributed by atoms with Gasteiger partial charge in [-0.1, -0.05) is 40.9 Å². The van der Waals surface area contributed by atoms with E-state index in [-0.39, 0.29) is 230 Å². The van der Waals surface area contributed by atoms with E-state index in [1.54, 1.807) is 13.8 Å². The van der Waals surface area contributed by atoms with Gasteiger partial charge < -0.3 is 49.9 Å². The van der Waals surface area contributed by atoms with Crippen molar-refractivity contribution >= 4 is 147 Å². The van der Waals surface area contributed by atoms with Crippen molar-refractivity contribution in [2.75, 3.05) is 23.8 Å². The van der Waals surface area contributed by atoms with Crippen LogP contribution in [0.4, 0.5) is 34.1 Å². The summed E-state index contributed by atoms with van der Waals surface area (Å²) in [7, 11) is -10.7. The number of ether oxygens (including phenoxy) is 2. The number of rotatable bonds is 20. The molecule has 35 heteroatoms. The Hall–Kier alpha value is -2.45. The number of phenols is 2. The fraction of sp³-hybridized carbons (Fsp3) is 0.0909. The number of nitrogens with zero attached hydrogens (tertiary/aromatic N) is 4. The molecule has 0 spiro atoms. The molecule has 0 aliphatic rings. The Morgan fingerprint density at radius 3 is 1.72 bits per heavy atom. The molecule has 0 aromatic heterocycles. The molecule has 24 nitrogen and oxygen atoms in total. The van der Waals surface area contributed by atoms with Gasteiger partial charge in [-0.3, -0.25) is 19.7 Å². The number of phenolic OH excluding ortho intramolecular Hbond substituents is 2. The third kappa shape index (κ3) is 17.3. The molecule has 0 unspecified atom stereocenters. The topological polar surface area (TPSA) is 364 Å². The second kappa shape index (κ2) is 31.4. The average molecular weight is 1260 g/mol. The molecule has 392 valence electrons. The molecule has 0 fully saturated rings. The largest absolute Gasteiger partial charge is 1.00 e. The van der Waals surface area contributed by atoms with Gasteiger partial charge in [-0.25, -0.2) is 16.8 Å². The van der Waals surface area contributed by atoms with E-state index >= 15 is 0 Å². The van der Waals surface area contributed by atoms with E-state index in [0.29, 0.717) is 17.1 Å². The number of fused-ring (bicyclic) bond motifs is 2. The molecule has 4 N–H and O–H groups in total. The number of anilines is 2. The Bertz CT molecular complexity index is 3710. The maximum atomic E-state index is 13.5. The maximum absolute atomic E-state index is 13.5. The average Bonchev–Trinajstić information content (AvgIpc) is 3.36. The van der Waals surface area contributed by atoms with Crippen LogP contribution in [0.15, 0.2) is 131 Å². The monoisotopic (exact) mass is 1250 g/mol. The van der Waals surface area contributed by atoms with Crippen molar-refractivity contribution in [2.24, 2.45) is 20.5 Å². The zero-order chi connectivity index (χ0) is 54.4. The number of aromatic hydroxyl groups is 2. The Morgan fingerprint density at radius 2 is 1.16 bits per heavy atom. The molecule has 0 atom stereocenters. The van der Waals surface area contributed by atoms with Gasteiger partial charge in [0.15, 0.2) is 11.5 Å². The molecule has 7 aromatic rings. The van der Waals surface area contributed by atoms with Gasteiger partial charge in [0.2, 0.25) is 0 Å². The summed E-state index contributed by atoms with van der Waals surface area (Å²) in [5.41, 5.74) is -2.48. The third-order valence-corrected chi connectivity index (χ3v) is 14.0. The van der Waals surface area contributed by atoms with Gasteiger partial charge in [-0.2, -0.15) is 8.67 Å². The number of amides is 2. The van der Waals surface area contributed by atoms with Crippen molar-refractivity contribution in [1.82, 2.24) is 0 Å². The number of hydrogen-bond acceptors (Lipinski definition) is 24. The van der Waals surface area contributed by atoms with E-state index in [0.717, 1.165) is 24.3 Å². The van der Waals surface area contributed by atoms with Crippen molar-refractivity contribution < 1.29 is 203 Å². The van der Waals surface area contributed by atoms with Gasteiger partial charge in [0, 0.05) is 38.4 Å². The molecule has 0 saturated heterocycles. The van der Waals surface area contributed by atoms with E-state index in [2.05, 4.69) is 49.8 Å². The van der Waals surface area contributed by atoms with Gasteiger partial charge in [-0.15, -0.1) is 20.5 Å². The van der Waals surface area contributed by atoms with Crippen LogP contribution in [0.25, 0.3) is 21.5 Å². The maximum Gasteiger partial charge on any atom is 1.00 e. The minimum absolute atomic E-state index is 0. The number of carbonyl (C=O) groups excluding carboxylic acids is 2. The summed E-state index contributed by atoms with van der Waals surface area (Å²) in [5, 5.41) is 72.9. The summed E-state index contributed by atoms with van der Waals surface area (Å²) in [5.74, 6) is -3.76. The number of hydrogen-bond donors (Lipinski definition) is 4. The zero-order valence-corrected chi connectivity index (χ0v) is 55.1. The number of halogens is 3.